The predicted octanol–water partition coefficient (Wildman–Crippen LogP) is 19.1. The molecule has 6 aromatic carbocycles. The van der Waals surface area contributed by atoms with Crippen LogP contribution in [0.2, 0.25) is 0 Å². The van der Waals surface area contributed by atoms with Crippen molar-refractivity contribution in [3.05, 3.63) is 215 Å². The fourth-order valence-corrected chi connectivity index (χ4v) is 8.36. The lowest BCUT2D eigenvalue weighted by atomic mass is 9.90. The summed E-state index contributed by atoms with van der Waals surface area (Å²) in [4.78, 5) is 0. The van der Waals surface area contributed by atoms with Crippen molar-refractivity contribution < 1.29 is 0 Å². The largest absolute Gasteiger partial charge is 0.0654 e. The monoisotopic (exact) mass is 857 g/mol. The molecule has 344 valence electrons. The molecule has 0 heterocycles. The second kappa shape index (κ2) is 38.8. The molecule has 0 N–H and O–H groups in total. The lowest BCUT2D eigenvalue weighted by Gasteiger charge is -2.16. The molecule has 0 amide bonds. The maximum absolute atomic E-state index is 2.36. The number of aryl methyl sites for hydroxylation is 6. The molecule has 0 aliphatic carbocycles. The van der Waals surface area contributed by atoms with Gasteiger partial charge in [0.2, 0.25) is 0 Å². The van der Waals surface area contributed by atoms with Crippen molar-refractivity contribution >= 4 is 0 Å². The van der Waals surface area contributed by atoms with Crippen LogP contribution in [0.25, 0.3) is 0 Å². The normalized spacial score (nSPS) is 10.9. The van der Waals surface area contributed by atoms with Crippen LogP contribution >= 0.6 is 0 Å². The van der Waals surface area contributed by atoms with E-state index in [0.29, 0.717) is 0 Å². The van der Waals surface area contributed by atoms with Gasteiger partial charge in [-0.1, -0.05) is 318 Å². The molecule has 0 saturated heterocycles. The maximum atomic E-state index is 2.36. The van der Waals surface area contributed by atoms with Crippen LogP contribution in [0.5, 0.6) is 0 Å². The second-order valence-electron chi connectivity index (χ2n) is 17.9. The van der Waals surface area contributed by atoms with Gasteiger partial charge in [0.25, 0.3) is 0 Å². The van der Waals surface area contributed by atoms with Crippen LogP contribution in [-0.2, 0) is 38.5 Å². The van der Waals surface area contributed by atoms with Crippen LogP contribution < -0.4 is 0 Å². The minimum absolute atomic E-state index is 1.04. The summed E-state index contributed by atoms with van der Waals surface area (Å²) in [7, 11) is 0. The highest BCUT2D eigenvalue weighted by molar-refractivity contribution is 5.22. The molecular formula is C64H88. The van der Waals surface area contributed by atoms with Crippen LogP contribution in [0.1, 0.15) is 170 Å². The Hall–Kier alpha value is -4.68. The molecule has 6 aromatic rings. The van der Waals surface area contributed by atoms with Crippen molar-refractivity contribution in [2.45, 2.75) is 175 Å². The number of benzene rings is 6. The zero-order valence-electron chi connectivity index (χ0n) is 40.9. The molecule has 0 bridgehead atoms. The number of rotatable bonds is 27. The van der Waals surface area contributed by atoms with E-state index in [2.05, 4.69) is 203 Å². The minimum Gasteiger partial charge on any atom is -0.0654 e. The molecule has 6 rings (SSSR count). The molecule has 0 spiro atoms. The van der Waals surface area contributed by atoms with E-state index in [9.17, 15) is 0 Å². The molecule has 1 unspecified atom stereocenters. The van der Waals surface area contributed by atoms with E-state index in [1.54, 1.807) is 0 Å². The van der Waals surface area contributed by atoms with Gasteiger partial charge in [0.15, 0.2) is 0 Å². The standard InChI is InChI=1S/C22H46.3C14H14/c1-4-7-9-11-13-14-16-18-21-22(19-6-3)20-17-15-12-10-8-5-2;3*1-3-7-13(8-4-1)11-12-14-9-5-2-6-10-14/h22H,4-21H2,1-3H3;3*1-10H,11-12H2. The van der Waals surface area contributed by atoms with Gasteiger partial charge >= 0.3 is 0 Å². The zero-order chi connectivity index (χ0) is 45.2. The number of hydrogen-bond acceptors (Lipinski definition) is 0. The quantitative estimate of drug-likeness (QED) is 0.0453. The van der Waals surface area contributed by atoms with E-state index in [-0.39, 0.29) is 0 Å². The topological polar surface area (TPSA) is 0 Å². The van der Waals surface area contributed by atoms with Gasteiger partial charge in [0, 0.05) is 0 Å². The number of hydrogen-bond donors (Lipinski definition) is 0. The van der Waals surface area contributed by atoms with E-state index in [1.807, 2.05) is 0 Å². The van der Waals surface area contributed by atoms with Crippen molar-refractivity contribution in [2.24, 2.45) is 5.92 Å². The fourth-order valence-electron chi connectivity index (χ4n) is 8.36. The van der Waals surface area contributed by atoms with Crippen LogP contribution in [-0.4, -0.2) is 0 Å². The second-order valence-corrected chi connectivity index (χ2v) is 17.9. The third-order valence-electron chi connectivity index (χ3n) is 12.3. The van der Waals surface area contributed by atoms with Crippen molar-refractivity contribution in [1.82, 2.24) is 0 Å². The van der Waals surface area contributed by atoms with E-state index in [4.69, 9.17) is 0 Å². The van der Waals surface area contributed by atoms with Gasteiger partial charge in [-0.2, -0.15) is 0 Å². The van der Waals surface area contributed by atoms with Gasteiger partial charge in [-0.25, -0.2) is 0 Å². The highest BCUT2D eigenvalue weighted by Crippen LogP contribution is 2.23. The molecule has 0 heteroatoms. The Balaban J connectivity index is 0.000000231. The third-order valence-corrected chi connectivity index (χ3v) is 12.3. The van der Waals surface area contributed by atoms with E-state index in [1.165, 1.54) is 149 Å². The summed E-state index contributed by atoms with van der Waals surface area (Å²) in [6, 6.07) is 63.7. The SMILES string of the molecule is CCCCCCCCCCC(CCC)CCCCCCCC.c1ccc(CCc2ccccc2)cc1.c1ccc(CCc2ccccc2)cc1.c1ccc(CCc2ccccc2)cc1. The Morgan fingerprint density at radius 2 is 0.422 bits per heavy atom. The van der Waals surface area contributed by atoms with Gasteiger partial charge < -0.3 is 0 Å². The first-order valence-electron chi connectivity index (χ1n) is 25.9. The molecule has 0 fully saturated rings. The molecule has 0 aliphatic heterocycles. The third kappa shape index (κ3) is 28.9. The lowest BCUT2D eigenvalue weighted by molar-refractivity contribution is 0.377. The Morgan fingerprint density at radius 3 is 0.625 bits per heavy atom. The molecular weight excluding hydrogens is 769 g/mol. The van der Waals surface area contributed by atoms with Crippen LogP contribution in [0.3, 0.4) is 0 Å². The van der Waals surface area contributed by atoms with E-state index in [0.717, 1.165) is 44.4 Å². The summed E-state index contributed by atoms with van der Waals surface area (Å²) in [5.41, 5.74) is 8.48. The van der Waals surface area contributed by atoms with Gasteiger partial charge in [0.1, 0.15) is 0 Å². The number of unbranched alkanes of at least 4 members (excludes halogenated alkanes) is 12. The summed E-state index contributed by atoms with van der Waals surface area (Å²) in [6.07, 6.45) is 33.1. The Morgan fingerprint density at radius 1 is 0.219 bits per heavy atom. The first kappa shape index (κ1) is 53.7. The lowest BCUT2D eigenvalue weighted by Crippen LogP contribution is -2.00. The first-order chi connectivity index (χ1) is 31.7. The summed E-state index contributed by atoms with van der Waals surface area (Å²) in [5.74, 6) is 1.04. The van der Waals surface area contributed by atoms with Crippen LogP contribution in [0.15, 0.2) is 182 Å². The average Bonchev–Trinajstić information content (AvgIpc) is 3.36. The molecule has 1 atom stereocenters. The summed E-state index contributed by atoms with van der Waals surface area (Å²) >= 11 is 0. The van der Waals surface area contributed by atoms with Gasteiger partial charge in [-0.3, -0.25) is 0 Å². The summed E-state index contributed by atoms with van der Waals surface area (Å²) in [6.45, 7) is 6.97. The van der Waals surface area contributed by atoms with Crippen molar-refractivity contribution in [2.75, 3.05) is 0 Å². The van der Waals surface area contributed by atoms with Crippen LogP contribution in [0, 0.1) is 5.92 Å². The Bertz CT molecular complexity index is 1510. The van der Waals surface area contributed by atoms with Crippen molar-refractivity contribution in [3.63, 3.8) is 0 Å². The van der Waals surface area contributed by atoms with Gasteiger partial charge in [-0.05, 0) is 77.8 Å². The molecule has 0 aromatic heterocycles. The van der Waals surface area contributed by atoms with Crippen LogP contribution in [0.4, 0.5) is 0 Å². The average molecular weight is 857 g/mol. The summed E-state index contributed by atoms with van der Waals surface area (Å²) < 4.78 is 0. The molecule has 0 aliphatic rings. The smallest absolute Gasteiger partial charge is 0.0238 e. The van der Waals surface area contributed by atoms with Gasteiger partial charge in [-0.15, -0.1) is 0 Å². The molecule has 0 radical (unpaired) electrons. The zero-order valence-corrected chi connectivity index (χ0v) is 40.9. The van der Waals surface area contributed by atoms with E-state index >= 15 is 0 Å². The summed E-state index contributed by atoms with van der Waals surface area (Å²) in [5, 5.41) is 0. The molecule has 0 saturated carbocycles. The highest BCUT2D eigenvalue weighted by Gasteiger charge is 2.07. The molecule has 0 nitrogen and oxygen atoms in total. The predicted molar refractivity (Wildman–Crippen MR) is 284 cm³/mol. The Kier molecular flexibility index (Phi) is 32.5. The molecule has 64 heavy (non-hydrogen) atoms. The van der Waals surface area contributed by atoms with Crippen molar-refractivity contribution in [3.8, 4) is 0 Å². The maximum Gasteiger partial charge on any atom is -0.0238 e. The first-order valence-corrected chi connectivity index (χ1v) is 25.9. The Labute approximate surface area is 394 Å². The van der Waals surface area contributed by atoms with Crippen molar-refractivity contribution in [1.29, 1.82) is 0 Å². The fraction of sp³-hybridized carbons (Fsp3) is 0.438. The van der Waals surface area contributed by atoms with E-state index < -0.39 is 0 Å². The minimum atomic E-state index is 1.04. The highest BCUT2D eigenvalue weighted by atomic mass is 14.1. The van der Waals surface area contributed by atoms with Gasteiger partial charge in [0.05, 0.1) is 0 Å².